The largest absolute Gasteiger partial charge is 0.444 e. The van der Waals surface area contributed by atoms with E-state index in [1.165, 1.54) is 30.2 Å². The number of rotatable bonds is 6. The van der Waals surface area contributed by atoms with Crippen LogP contribution in [0.4, 0.5) is 13.2 Å². The number of benzene rings is 1. The highest BCUT2D eigenvalue weighted by molar-refractivity contribution is 7.98. The maximum absolute atomic E-state index is 12.5. The van der Waals surface area contributed by atoms with Crippen molar-refractivity contribution < 1.29 is 27.8 Å². The number of oxazole rings is 1. The molecule has 1 aromatic carbocycles. The van der Waals surface area contributed by atoms with Gasteiger partial charge in [0, 0.05) is 17.1 Å². The maximum atomic E-state index is 12.5. The zero-order chi connectivity index (χ0) is 16.2. The van der Waals surface area contributed by atoms with Gasteiger partial charge in [-0.15, -0.1) is 0 Å². The van der Waals surface area contributed by atoms with Crippen molar-refractivity contribution in [2.75, 3.05) is 12.4 Å². The summed E-state index contributed by atoms with van der Waals surface area (Å²) in [5.41, 5.74) is 0.348. The SMILES string of the molecule is OC[C@@H](O)CSCc1coc(-c2ccc(C(F)(F)F)cc2)n1. The average Bonchev–Trinajstić information content (AvgIpc) is 2.95. The standard InChI is InChI=1S/C14H14F3NO3S/c15-14(16,17)10-3-1-9(2-4-10)13-18-11(6-21-13)7-22-8-12(20)5-19/h1-4,6,12,19-20H,5,7-8H2/t12-/m1/s1. The van der Waals surface area contributed by atoms with Crippen LogP contribution in [-0.4, -0.2) is 33.7 Å². The third kappa shape index (κ3) is 4.49. The predicted molar refractivity (Wildman–Crippen MR) is 76.2 cm³/mol. The van der Waals surface area contributed by atoms with Crippen molar-refractivity contribution in [1.82, 2.24) is 4.98 Å². The van der Waals surface area contributed by atoms with Gasteiger partial charge in [0.1, 0.15) is 6.26 Å². The molecule has 4 nitrogen and oxygen atoms in total. The minimum atomic E-state index is -4.37. The van der Waals surface area contributed by atoms with Crippen molar-refractivity contribution in [2.45, 2.75) is 18.0 Å². The molecule has 22 heavy (non-hydrogen) atoms. The molecule has 0 saturated heterocycles. The Hall–Kier alpha value is -1.51. The molecule has 0 amide bonds. The first-order chi connectivity index (χ1) is 10.4. The van der Waals surface area contributed by atoms with Crippen molar-refractivity contribution in [2.24, 2.45) is 0 Å². The Morgan fingerprint density at radius 3 is 2.50 bits per heavy atom. The lowest BCUT2D eigenvalue weighted by atomic mass is 10.1. The number of aromatic nitrogens is 1. The van der Waals surface area contributed by atoms with Gasteiger partial charge in [-0.05, 0) is 24.3 Å². The number of hydrogen-bond donors (Lipinski definition) is 2. The fourth-order valence-corrected chi connectivity index (χ4v) is 2.50. The average molecular weight is 333 g/mol. The van der Waals surface area contributed by atoms with E-state index in [1.54, 1.807) is 0 Å². The fraction of sp³-hybridized carbons (Fsp3) is 0.357. The van der Waals surface area contributed by atoms with Gasteiger partial charge in [0.25, 0.3) is 0 Å². The molecule has 0 radical (unpaired) electrons. The quantitative estimate of drug-likeness (QED) is 0.851. The van der Waals surface area contributed by atoms with Gasteiger partial charge in [-0.25, -0.2) is 4.98 Å². The molecule has 1 heterocycles. The highest BCUT2D eigenvalue weighted by atomic mass is 32.2. The summed E-state index contributed by atoms with van der Waals surface area (Å²) in [6.07, 6.45) is -3.73. The van der Waals surface area contributed by atoms with Crippen LogP contribution in [0.3, 0.4) is 0 Å². The zero-order valence-electron chi connectivity index (χ0n) is 11.4. The van der Waals surface area contributed by atoms with Crippen LogP contribution >= 0.6 is 11.8 Å². The Balaban J connectivity index is 1.99. The molecule has 1 atom stereocenters. The molecular formula is C14H14F3NO3S. The van der Waals surface area contributed by atoms with Crippen LogP contribution < -0.4 is 0 Å². The highest BCUT2D eigenvalue weighted by Gasteiger charge is 2.30. The lowest BCUT2D eigenvalue weighted by molar-refractivity contribution is -0.137. The molecule has 1 aromatic heterocycles. The summed E-state index contributed by atoms with van der Waals surface area (Å²) in [5.74, 6) is 1.08. The van der Waals surface area contributed by atoms with Crippen molar-refractivity contribution in [3.05, 3.63) is 41.8 Å². The van der Waals surface area contributed by atoms with Gasteiger partial charge in [0.05, 0.1) is 24.0 Å². The molecule has 0 aliphatic heterocycles. The Bertz CT molecular complexity index is 598. The van der Waals surface area contributed by atoms with E-state index in [9.17, 15) is 18.3 Å². The molecule has 2 aromatic rings. The molecule has 0 bridgehead atoms. The number of halogens is 3. The second-order valence-corrected chi connectivity index (χ2v) is 5.60. The van der Waals surface area contributed by atoms with Crippen molar-refractivity contribution in [3.63, 3.8) is 0 Å². The number of hydrogen-bond acceptors (Lipinski definition) is 5. The number of aliphatic hydroxyl groups is 2. The lowest BCUT2D eigenvalue weighted by Crippen LogP contribution is -2.14. The van der Waals surface area contributed by atoms with Gasteiger partial charge < -0.3 is 14.6 Å². The van der Waals surface area contributed by atoms with E-state index < -0.39 is 17.8 Å². The molecule has 0 aliphatic carbocycles. The van der Waals surface area contributed by atoms with E-state index in [1.807, 2.05) is 0 Å². The minimum Gasteiger partial charge on any atom is -0.444 e. The Morgan fingerprint density at radius 1 is 1.23 bits per heavy atom. The van der Waals surface area contributed by atoms with E-state index in [2.05, 4.69) is 4.98 Å². The first kappa shape index (κ1) is 16.9. The Morgan fingerprint density at radius 2 is 1.91 bits per heavy atom. The van der Waals surface area contributed by atoms with E-state index in [-0.39, 0.29) is 12.5 Å². The van der Waals surface area contributed by atoms with E-state index >= 15 is 0 Å². The van der Waals surface area contributed by atoms with Crippen LogP contribution in [0.1, 0.15) is 11.3 Å². The molecule has 0 fully saturated rings. The van der Waals surface area contributed by atoms with Gasteiger partial charge in [-0.2, -0.15) is 24.9 Å². The second-order valence-electron chi connectivity index (χ2n) is 4.57. The van der Waals surface area contributed by atoms with Crippen LogP contribution in [0, 0.1) is 0 Å². The number of alkyl halides is 3. The predicted octanol–water partition coefficient (Wildman–Crippen LogP) is 2.95. The van der Waals surface area contributed by atoms with E-state index in [4.69, 9.17) is 9.52 Å². The summed E-state index contributed by atoms with van der Waals surface area (Å²) in [6.45, 7) is -0.303. The summed E-state index contributed by atoms with van der Waals surface area (Å²) in [4.78, 5) is 4.18. The van der Waals surface area contributed by atoms with Crippen molar-refractivity contribution in [1.29, 1.82) is 0 Å². The molecule has 2 N–H and O–H groups in total. The van der Waals surface area contributed by atoms with Gasteiger partial charge in [-0.1, -0.05) is 0 Å². The summed E-state index contributed by atoms with van der Waals surface area (Å²) in [7, 11) is 0. The third-order valence-electron chi connectivity index (χ3n) is 2.78. The first-order valence-corrected chi connectivity index (χ1v) is 7.54. The van der Waals surface area contributed by atoms with Crippen LogP contribution in [0.25, 0.3) is 11.5 Å². The Labute approximate surface area is 129 Å². The smallest absolute Gasteiger partial charge is 0.416 e. The first-order valence-electron chi connectivity index (χ1n) is 6.39. The molecule has 0 unspecified atom stereocenters. The lowest BCUT2D eigenvalue weighted by Gasteiger charge is -2.06. The molecule has 8 heteroatoms. The second kappa shape index (κ2) is 7.17. The van der Waals surface area contributed by atoms with Crippen molar-refractivity contribution in [3.8, 4) is 11.5 Å². The Kier molecular flexibility index (Phi) is 5.49. The van der Waals surface area contributed by atoms with E-state index in [0.717, 1.165) is 12.1 Å². The summed E-state index contributed by atoms with van der Waals surface area (Å²) in [5, 5.41) is 17.9. The van der Waals surface area contributed by atoms with Gasteiger partial charge in [0.2, 0.25) is 5.89 Å². The number of aliphatic hydroxyl groups excluding tert-OH is 2. The van der Waals surface area contributed by atoms with Crippen LogP contribution in [0.15, 0.2) is 34.9 Å². The van der Waals surface area contributed by atoms with Crippen molar-refractivity contribution >= 4 is 11.8 Å². The minimum absolute atomic E-state index is 0.243. The molecule has 0 spiro atoms. The topological polar surface area (TPSA) is 66.5 Å². The van der Waals surface area contributed by atoms with Crippen LogP contribution in [0.5, 0.6) is 0 Å². The van der Waals surface area contributed by atoms with Crippen LogP contribution in [-0.2, 0) is 11.9 Å². The zero-order valence-corrected chi connectivity index (χ0v) is 12.2. The molecule has 0 saturated carbocycles. The van der Waals surface area contributed by atoms with E-state index in [0.29, 0.717) is 22.8 Å². The molecule has 2 rings (SSSR count). The third-order valence-corrected chi connectivity index (χ3v) is 3.90. The maximum Gasteiger partial charge on any atom is 0.416 e. The summed E-state index contributed by atoms with van der Waals surface area (Å²) >= 11 is 1.37. The molecule has 0 aliphatic rings. The van der Waals surface area contributed by atoms with Gasteiger partial charge in [-0.3, -0.25) is 0 Å². The number of thioether (sulfide) groups is 1. The fourth-order valence-electron chi connectivity index (χ4n) is 1.66. The number of nitrogens with zero attached hydrogens (tertiary/aromatic N) is 1. The monoisotopic (exact) mass is 333 g/mol. The summed E-state index contributed by atoms with van der Waals surface area (Å²) in [6, 6.07) is 4.57. The summed E-state index contributed by atoms with van der Waals surface area (Å²) < 4.78 is 42.7. The van der Waals surface area contributed by atoms with Crippen LogP contribution in [0.2, 0.25) is 0 Å². The van der Waals surface area contributed by atoms with Gasteiger partial charge in [0.15, 0.2) is 0 Å². The molecular weight excluding hydrogens is 319 g/mol. The normalized spacial score (nSPS) is 13.3. The highest BCUT2D eigenvalue weighted by Crippen LogP contribution is 2.31. The van der Waals surface area contributed by atoms with Gasteiger partial charge >= 0.3 is 6.18 Å². The molecule has 120 valence electrons.